The Morgan fingerprint density at radius 3 is 2.65 bits per heavy atom. The summed E-state index contributed by atoms with van der Waals surface area (Å²) in [7, 11) is 0. The maximum Gasteiger partial charge on any atom is 0.291 e. The predicted molar refractivity (Wildman–Crippen MR) is 118 cm³/mol. The number of carbonyl (C=O) groups is 4. The summed E-state index contributed by atoms with van der Waals surface area (Å²) in [5.74, 6) is -2.38. The Kier molecular flexibility index (Phi) is 4.43. The number of carbonyl (C=O) groups excluding carboxylic acids is 4. The van der Waals surface area contributed by atoms with Gasteiger partial charge in [0.1, 0.15) is 31.1 Å². The third kappa shape index (κ3) is 2.72. The Bertz CT molecular complexity index is 1260. The van der Waals surface area contributed by atoms with E-state index in [4.69, 9.17) is 15.2 Å². The highest BCUT2D eigenvalue weighted by Crippen LogP contribution is 2.50. The third-order valence-corrected chi connectivity index (χ3v) is 7.28. The van der Waals surface area contributed by atoms with E-state index in [1.54, 1.807) is 41.7 Å². The van der Waals surface area contributed by atoms with E-state index in [1.807, 2.05) is 6.07 Å². The van der Waals surface area contributed by atoms with Crippen LogP contribution in [-0.2, 0) is 24.7 Å². The highest BCUT2D eigenvalue weighted by atomic mass is 16.6. The molecule has 34 heavy (non-hydrogen) atoms. The molecule has 0 aromatic heterocycles. The standard InChI is InChI=1S/C24H22N4O6/c25-18(29)8-6-15-19-20(24(27-15)13-3-1-2-4-14(13)26-23(24)32)22(31)28(21(19)30)12-5-7-16-17(11-12)34-10-9-33-16/h1-5,7,11,15,19-20,27H,6,8-10H2,(H2,25,29)(H,26,32)/p+1/t15-,19+,20-,24-/m0/s1. The molecule has 2 fully saturated rings. The minimum absolute atomic E-state index is 0.0508. The zero-order valence-electron chi connectivity index (χ0n) is 18.2. The summed E-state index contributed by atoms with van der Waals surface area (Å²) >= 11 is 0. The molecule has 4 aliphatic heterocycles. The summed E-state index contributed by atoms with van der Waals surface area (Å²) < 4.78 is 11.2. The van der Waals surface area contributed by atoms with Crippen molar-refractivity contribution in [2.45, 2.75) is 24.4 Å². The maximum atomic E-state index is 13.9. The lowest BCUT2D eigenvalue weighted by Gasteiger charge is -2.27. The molecule has 4 atom stereocenters. The highest BCUT2D eigenvalue weighted by molar-refractivity contribution is 6.25. The molecule has 5 N–H and O–H groups in total. The number of fused-ring (bicyclic) bond motifs is 5. The number of quaternary nitrogens is 1. The number of anilines is 2. The number of benzene rings is 2. The van der Waals surface area contributed by atoms with Crippen molar-refractivity contribution in [3.8, 4) is 11.5 Å². The van der Waals surface area contributed by atoms with E-state index in [2.05, 4.69) is 5.32 Å². The van der Waals surface area contributed by atoms with Gasteiger partial charge in [0, 0.05) is 24.5 Å². The van der Waals surface area contributed by atoms with Crippen molar-refractivity contribution >= 4 is 35.0 Å². The number of hydrogen-bond donors (Lipinski definition) is 3. The first-order valence-electron chi connectivity index (χ1n) is 11.2. The Balaban J connectivity index is 1.46. The van der Waals surface area contributed by atoms with E-state index in [0.29, 0.717) is 41.7 Å². The number of nitrogens with zero attached hydrogens (tertiary/aromatic N) is 1. The van der Waals surface area contributed by atoms with Gasteiger partial charge >= 0.3 is 0 Å². The Labute approximate surface area is 194 Å². The first kappa shape index (κ1) is 20.7. The monoisotopic (exact) mass is 463 g/mol. The lowest BCUT2D eigenvalue weighted by molar-refractivity contribution is -0.733. The van der Waals surface area contributed by atoms with Crippen molar-refractivity contribution < 1.29 is 34.0 Å². The smallest absolute Gasteiger partial charge is 0.291 e. The maximum absolute atomic E-state index is 13.9. The Morgan fingerprint density at radius 2 is 1.85 bits per heavy atom. The molecule has 0 unspecified atom stereocenters. The molecule has 6 rings (SSSR count). The van der Waals surface area contributed by atoms with Gasteiger partial charge in [0.15, 0.2) is 11.5 Å². The summed E-state index contributed by atoms with van der Waals surface area (Å²) in [6, 6.07) is 11.7. The first-order chi connectivity index (χ1) is 16.4. The fraction of sp³-hybridized carbons (Fsp3) is 0.333. The Morgan fingerprint density at radius 1 is 1.09 bits per heavy atom. The number of imide groups is 1. The molecule has 0 aliphatic carbocycles. The number of nitrogens with one attached hydrogen (secondary N) is 1. The molecular formula is C24H23N4O6+. The lowest BCUT2D eigenvalue weighted by Crippen LogP contribution is -2.99. The molecule has 1 spiro atoms. The third-order valence-electron chi connectivity index (χ3n) is 7.28. The summed E-state index contributed by atoms with van der Waals surface area (Å²) in [5, 5.41) is 4.67. The largest absolute Gasteiger partial charge is 0.486 e. The SMILES string of the molecule is NC(=O)CC[C@@H]1[NH2+][C@]2(C(=O)Nc3ccccc32)[C@@H]2C(=O)N(c3ccc4c(c3)OCCO4)C(=O)[C@H]12. The molecule has 2 saturated heterocycles. The Hall–Kier alpha value is -3.92. The molecule has 2 aromatic carbocycles. The number of rotatable bonds is 4. The highest BCUT2D eigenvalue weighted by Gasteiger charge is 2.74. The number of nitrogens with two attached hydrogens (primary N) is 2. The topological polar surface area (TPSA) is 145 Å². The molecule has 174 valence electrons. The average molecular weight is 463 g/mol. The molecule has 10 heteroatoms. The van der Waals surface area contributed by atoms with Crippen molar-refractivity contribution in [3.63, 3.8) is 0 Å². The normalized spacial score (nSPS) is 28.8. The van der Waals surface area contributed by atoms with E-state index in [0.717, 1.165) is 4.90 Å². The van der Waals surface area contributed by atoms with E-state index in [1.165, 1.54) is 0 Å². The molecule has 0 bridgehead atoms. The fourth-order valence-electron chi connectivity index (χ4n) is 5.92. The average Bonchev–Trinajstić information content (AvgIpc) is 3.42. The van der Waals surface area contributed by atoms with Gasteiger partial charge in [-0.2, -0.15) is 0 Å². The van der Waals surface area contributed by atoms with Crippen LogP contribution in [0.3, 0.4) is 0 Å². The fourth-order valence-corrected chi connectivity index (χ4v) is 5.92. The number of amides is 4. The van der Waals surface area contributed by atoms with Crippen LogP contribution >= 0.6 is 0 Å². The van der Waals surface area contributed by atoms with Gasteiger partial charge in [0.25, 0.3) is 5.91 Å². The number of para-hydroxylation sites is 1. The summed E-state index contributed by atoms with van der Waals surface area (Å²) in [5.41, 5.74) is 5.74. The van der Waals surface area contributed by atoms with Crippen molar-refractivity contribution in [1.29, 1.82) is 0 Å². The van der Waals surface area contributed by atoms with Gasteiger partial charge in [0.05, 0.1) is 11.4 Å². The summed E-state index contributed by atoms with van der Waals surface area (Å²) in [4.78, 5) is 53.7. The minimum Gasteiger partial charge on any atom is -0.486 e. The van der Waals surface area contributed by atoms with Gasteiger partial charge < -0.3 is 25.8 Å². The number of hydrogen-bond acceptors (Lipinski definition) is 6. The molecule has 0 saturated carbocycles. The van der Waals surface area contributed by atoms with Crippen LogP contribution in [0.15, 0.2) is 42.5 Å². The van der Waals surface area contributed by atoms with E-state index >= 15 is 0 Å². The summed E-state index contributed by atoms with van der Waals surface area (Å²) in [6.07, 6.45) is 0.330. The number of ether oxygens (including phenoxy) is 2. The van der Waals surface area contributed by atoms with Crippen molar-refractivity contribution in [2.75, 3.05) is 23.4 Å². The van der Waals surface area contributed by atoms with Crippen molar-refractivity contribution in [3.05, 3.63) is 48.0 Å². The molecule has 2 aromatic rings. The lowest BCUT2D eigenvalue weighted by atomic mass is 9.76. The van der Waals surface area contributed by atoms with Gasteiger partial charge in [0.2, 0.25) is 23.3 Å². The summed E-state index contributed by atoms with van der Waals surface area (Å²) in [6.45, 7) is 0.792. The molecule has 0 radical (unpaired) electrons. The first-order valence-corrected chi connectivity index (χ1v) is 11.2. The van der Waals surface area contributed by atoms with Crippen LogP contribution < -0.4 is 30.7 Å². The predicted octanol–water partition coefficient (Wildman–Crippen LogP) is -0.378. The van der Waals surface area contributed by atoms with Crippen molar-refractivity contribution in [2.24, 2.45) is 17.6 Å². The van der Waals surface area contributed by atoms with Gasteiger partial charge in [-0.15, -0.1) is 0 Å². The van der Waals surface area contributed by atoms with Crippen LogP contribution in [0.5, 0.6) is 11.5 Å². The number of primary amides is 1. The molecule has 4 aliphatic rings. The second kappa shape index (κ2) is 7.29. The van der Waals surface area contributed by atoms with Gasteiger partial charge in [-0.3, -0.25) is 19.2 Å². The van der Waals surface area contributed by atoms with E-state index < -0.39 is 41.1 Å². The molecule has 10 nitrogen and oxygen atoms in total. The zero-order chi connectivity index (χ0) is 23.6. The quantitative estimate of drug-likeness (QED) is 0.528. The molecule has 4 amide bonds. The molecular weight excluding hydrogens is 440 g/mol. The van der Waals surface area contributed by atoms with E-state index in [9.17, 15) is 19.2 Å². The van der Waals surface area contributed by atoms with Crippen LogP contribution in [0.4, 0.5) is 11.4 Å². The van der Waals surface area contributed by atoms with E-state index in [-0.39, 0.29) is 18.7 Å². The van der Waals surface area contributed by atoms with Gasteiger partial charge in [-0.05, 0) is 18.2 Å². The second-order valence-corrected chi connectivity index (χ2v) is 9.05. The van der Waals surface area contributed by atoms with Gasteiger partial charge in [-0.1, -0.05) is 18.2 Å². The van der Waals surface area contributed by atoms with Crippen LogP contribution in [0.1, 0.15) is 18.4 Å². The van der Waals surface area contributed by atoms with Crippen molar-refractivity contribution in [1.82, 2.24) is 0 Å². The van der Waals surface area contributed by atoms with Crippen LogP contribution in [0, 0.1) is 11.8 Å². The zero-order valence-corrected chi connectivity index (χ0v) is 18.2. The minimum atomic E-state index is -1.29. The van der Waals surface area contributed by atoms with Crippen LogP contribution in [-0.4, -0.2) is 42.9 Å². The second-order valence-electron chi connectivity index (χ2n) is 9.05. The molecule has 4 heterocycles. The van der Waals surface area contributed by atoms with Crippen LogP contribution in [0.25, 0.3) is 0 Å². The van der Waals surface area contributed by atoms with Gasteiger partial charge in [-0.25, -0.2) is 4.90 Å². The van der Waals surface area contributed by atoms with Crippen LogP contribution in [0.2, 0.25) is 0 Å².